The number of hydrogen-bond donors (Lipinski definition) is 1. The highest BCUT2D eigenvalue weighted by Gasteiger charge is 2.37. The summed E-state index contributed by atoms with van der Waals surface area (Å²) in [5.41, 5.74) is 0. The minimum absolute atomic E-state index is 0.000984. The molecule has 2 rings (SSSR count). The maximum atomic E-state index is 12.8. The van der Waals surface area contributed by atoms with Crippen molar-refractivity contribution >= 4 is 10.0 Å². The van der Waals surface area contributed by atoms with Crippen molar-refractivity contribution in [2.24, 2.45) is 7.05 Å². The molecule has 2 atom stereocenters. The average molecular weight is 300 g/mol. The molecule has 2 heterocycles. The van der Waals surface area contributed by atoms with Gasteiger partial charge < -0.3 is 9.88 Å². The molecule has 0 aliphatic carbocycles. The van der Waals surface area contributed by atoms with Gasteiger partial charge in [-0.1, -0.05) is 6.42 Å². The Morgan fingerprint density at radius 2 is 2.15 bits per heavy atom. The van der Waals surface area contributed by atoms with E-state index in [4.69, 9.17) is 0 Å². The van der Waals surface area contributed by atoms with Crippen LogP contribution < -0.4 is 5.32 Å². The summed E-state index contributed by atoms with van der Waals surface area (Å²) in [5.74, 6) is 0.707. The fourth-order valence-corrected chi connectivity index (χ4v) is 4.48. The van der Waals surface area contributed by atoms with Gasteiger partial charge in [-0.2, -0.15) is 4.31 Å². The number of likely N-dealkylation sites (N-methyl/N-ethyl adjacent to an activating group) is 1. The zero-order chi connectivity index (χ0) is 14.9. The third kappa shape index (κ3) is 2.75. The minimum Gasteiger partial charge on any atom is -0.337 e. The summed E-state index contributed by atoms with van der Waals surface area (Å²) in [7, 11) is 0.174. The van der Waals surface area contributed by atoms with Gasteiger partial charge in [-0.15, -0.1) is 0 Å². The van der Waals surface area contributed by atoms with Crippen molar-refractivity contribution in [3.8, 4) is 0 Å². The molecule has 2 unspecified atom stereocenters. The Morgan fingerprint density at radius 1 is 1.45 bits per heavy atom. The van der Waals surface area contributed by atoms with Gasteiger partial charge in [0.1, 0.15) is 5.82 Å². The highest BCUT2D eigenvalue weighted by Crippen LogP contribution is 2.26. The second kappa shape index (κ2) is 5.83. The van der Waals surface area contributed by atoms with Crippen LogP contribution in [0.4, 0.5) is 0 Å². The van der Waals surface area contributed by atoms with Gasteiger partial charge in [0.15, 0.2) is 5.03 Å². The number of nitrogens with zero attached hydrogens (tertiary/aromatic N) is 3. The van der Waals surface area contributed by atoms with Crippen LogP contribution in [0.3, 0.4) is 0 Å². The van der Waals surface area contributed by atoms with Crippen LogP contribution in [0.2, 0.25) is 0 Å². The monoisotopic (exact) mass is 300 g/mol. The van der Waals surface area contributed by atoms with Crippen LogP contribution in [0.5, 0.6) is 0 Å². The summed E-state index contributed by atoms with van der Waals surface area (Å²) in [6.45, 7) is 4.42. The number of aryl methyl sites for hydroxylation is 2. The third-order valence-corrected chi connectivity index (χ3v) is 5.99. The molecule has 0 aromatic carbocycles. The maximum Gasteiger partial charge on any atom is 0.262 e. The van der Waals surface area contributed by atoms with Gasteiger partial charge in [0, 0.05) is 31.9 Å². The lowest BCUT2D eigenvalue weighted by atomic mass is 9.99. The molecule has 1 aliphatic rings. The van der Waals surface area contributed by atoms with Gasteiger partial charge in [0.05, 0.1) is 0 Å². The van der Waals surface area contributed by atoms with E-state index in [1.165, 1.54) is 0 Å². The van der Waals surface area contributed by atoms with Crippen LogP contribution in [0, 0.1) is 6.92 Å². The van der Waals surface area contributed by atoms with Crippen molar-refractivity contribution in [2.45, 2.75) is 50.2 Å². The molecule has 1 aliphatic heterocycles. The summed E-state index contributed by atoms with van der Waals surface area (Å²) >= 11 is 0. The summed E-state index contributed by atoms with van der Waals surface area (Å²) in [5, 5.41) is 3.33. The molecule has 7 heteroatoms. The highest BCUT2D eigenvalue weighted by atomic mass is 32.2. The first-order chi connectivity index (χ1) is 9.37. The minimum atomic E-state index is -3.51. The van der Waals surface area contributed by atoms with E-state index in [0.717, 1.165) is 19.3 Å². The molecule has 20 heavy (non-hydrogen) atoms. The normalized spacial score (nSPS) is 22.9. The topological polar surface area (TPSA) is 67.2 Å². The Morgan fingerprint density at radius 3 is 2.70 bits per heavy atom. The predicted octanol–water partition coefficient (Wildman–Crippen LogP) is 0.880. The lowest BCUT2D eigenvalue weighted by molar-refractivity contribution is 0.213. The van der Waals surface area contributed by atoms with Crippen molar-refractivity contribution in [3.63, 3.8) is 0 Å². The lowest BCUT2D eigenvalue weighted by Gasteiger charge is -2.37. The molecule has 114 valence electrons. The fourth-order valence-electron chi connectivity index (χ4n) is 2.69. The number of sulfonamides is 1. The second-order valence-corrected chi connectivity index (χ2v) is 7.33. The smallest absolute Gasteiger partial charge is 0.262 e. The van der Waals surface area contributed by atoms with Crippen LogP contribution in [0.1, 0.15) is 32.0 Å². The van der Waals surface area contributed by atoms with Crippen molar-refractivity contribution in [1.82, 2.24) is 19.2 Å². The summed E-state index contributed by atoms with van der Waals surface area (Å²) < 4.78 is 29.0. The molecule has 6 nitrogen and oxygen atoms in total. The zero-order valence-corrected chi connectivity index (χ0v) is 13.4. The van der Waals surface area contributed by atoms with E-state index in [1.54, 1.807) is 15.1 Å². The lowest BCUT2D eigenvalue weighted by Crippen LogP contribution is -2.52. The van der Waals surface area contributed by atoms with Crippen LogP contribution in [-0.2, 0) is 17.1 Å². The zero-order valence-electron chi connectivity index (χ0n) is 12.6. The molecule has 1 fully saturated rings. The number of rotatable bonds is 4. The van der Waals surface area contributed by atoms with Crippen molar-refractivity contribution in [3.05, 3.63) is 12.0 Å². The SMILES string of the molecule is CNC(C)C1CCCCN1S(=O)(=O)c1cn(C)c(C)n1. The highest BCUT2D eigenvalue weighted by molar-refractivity contribution is 7.89. The largest absolute Gasteiger partial charge is 0.337 e. The van der Waals surface area contributed by atoms with Gasteiger partial charge in [0.25, 0.3) is 10.0 Å². The van der Waals surface area contributed by atoms with Crippen LogP contribution in [0.15, 0.2) is 11.2 Å². The Bertz CT molecular complexity index is 547. The Balaban J connectivity index is 2.35. The number of hydrogen-bond acceptors (Lipinski definition) is 4. The second-order valence-electron chi connectivity index (χ2n) is 5.49. The molecule has 1 aromatic heterocycles. The first kappa shape index (κ1) is 15.5. The van der Waals surface area contributed by atoms with E-state index in [0.29, 0.717) is 12.4 Å². The van der Waals surface area contributed by atoms with Gasteiger partial charge in [-0.3, -0.25) is 0 Å². The average Bonchev–Trinajstić information content (AvgIpc) is 2.78. The maximum absolute atomic E-state index is 12.8. The Kier molecular flexibility index (Phi) is 4.51. The summed E-state index contributed by atoms with van der Waals surface area (Å²) in [6, 6.07) is 0.135. The molecule has 0 radical (unpaired) electrons. The van der Waals surface area contributed by atoms with Crippen molar-refractivity contribution in [2.75, 3.05) is 13.6 Å². The summed E-state index contributed by atoms with van der Waals surface area (Å²) in [6.07, 6.45) is 4.48. The van der Waals surface area contributed by atoms with E-state index in [-0.39, 0.29) is 17.1 Å². The van der Waals surface area contributed by atoms with Crippen LogP contribution >= 0.6 is 0 Å². The molecular formula is C13H24N4O2S. The predicted molar refractivity (Wildman–Crippen MR) is 78.0 cm³/mol. The van der Waals surface area contributed by atoms with Crippen molar-refractivity contribution < 1.29 is 8.42 Å². The van der Waals surface area contributed by atoms with Crippen molar-refractivity contribution in [1.29, 1.82) is 0 Å². The van der Waals surface area contributed by atoms with Gasteiger partial charge in [-0.25, -0.2) is 13.4 Å². The molecule has 0 spiro atoms. The quantitative estimate of drug-likeness (QED) is 0.896. The standard InChI is InChI=1S/C13H24N4O2S/c1-10(14-3)12-7-5-6-8-17(12)20(18,19)13-9-16(4)11(2)15-13/h9-10,12,14H,5-8H2,1-4H3. The molecule has 1 N–H and O–H groups in total. The molecular weight excluding hydrogens is 276 g/mol. The summed E-state index contributed by atoms with van der Waals surface area (Å²) in [4.78, 5) is 4.19. The first-order valence-electron chi connectivity index (χ1n) is 7.07. The van der Waals surface area contributed by atoms with E-state index >= 15 is 0 Å². The molecule has 0 bridgehead atoms. The first-order valence-corrected chi connectivity index (χ1v) is 8.51. The van der Waals surface area contributed by atoms with E-state index in [2.05, 4.69) is 10.3 Å². The molecule has 1 saturated heterocycles. The molecule has 0 amide bonds. The Hall–Kier alpha value is -0.920. The Labute approximate surface area is 121 Å². The van der Waals surface area contributed by atoms with Crippen LogP contribution in [-0.4, -0.2) is 48.0 Å². The van der Waals surface area contributed by atoms with Gasteiger partial charge in [-0.05, 0) is 33.7 Å². The fraction of sp³-hybridized carbons (Fsp3) is 0.769. The molecule has 1 aromatic rings. The van der Waals surface area contributed by atoms with E-state index < -0.39 is 10.0 Å². The number of piperidine rings is 1. The number of imidazole rings is 1. The van der Waals surface area contributed by atoms with E-state index in [9.17, 15) is 8.42 Å². The van der Waals surface area contributed by atoms with Crippen LogP contribution in [0.25, 0.3) is 0 Å². The number of nitrogens with one attached hydrogen (secondary N) is 1. The van der Waals surface area contributed by atoms with E-state index in [1.807, 2.05) is 27.9 Å². The van der Waals surface area contributed by atoms with Gasteiger partial charge >= 0.3 is 0 Å². The van der Waals surface area contributed by atoms with Gasteiger partial charge in [0.2, 0.25) is 0 Å². The third-order valence-electron chi connectivity index (χ3n) is 4.19. The molecule has 0 saturated carbocycles. The number of aromatic nitrogens is 2.